The first-order valence-electron chi connectivity index (χ1n) is 4.19. The minimum atomic E-state index is -0.709. The van der Waals surface area contributed by atoms with Crippen molar-refractivity contribution in [3.8, 4) is 11.3 Å². The zero-order valence-corrected chi connectivity index (χ0v) is 7.56. The molecule has 0 saturated carbocycles. The average Bonchev–Trinajstić information content (AvgIpc) is 2.69. The molecule has 0 aliphatic heterocycles. The third-order valence-electron chi connectivity index (χ3n) is 1.99. The Morgan fingerprint density at radius 1 is 1.27 bits per heavy atom. The van der Waals surface area contributed by atoms with Crippen molar-refractivity contribution >= 4 is 5.69 Å². The van der Waals surface area contributed by atoms with Gasteiger partial charge in [-0.1, -0.05) is 0 Å². The minimum Gasteiger partial charge on any atom is -0.367 e. The molecule has 0 aliphatic carbocycles. The van der Waals surface area contributed by atoms with Crippen molar-refractivity contribution < 1.29 is 4.92 Å². The number of rotatable bonds is 2. The van der Waals surface area contributed by atoms with E-state index in [-0.39, 0.29) is 0 Å². The van der Waals surface area contributed by atoms with Crippen LogP contribution in [0.25, 0.3) is 11.3 Å². The van der Waals surface area contributed by atoms with E-state index in [0.717, 1.165) is 5.56 Å². The van der Waals surface area contributed by atoms with E-state index in [2.05, 4.69) is 9.97 Å². The lowest BCUT2D eigenvalue weighted by molar-refractivity contribution is -0.386. The summed E-state index contributed by atoms with van der Waals surface area (Å²) in [7, 11) is 0. The van der Waals surface area contributed by atoms with Gasteiger partial charge in [-0.3, -0.25) is 14.9 Å². The Labute approximate surface area is 83.7 Å². The molecule has 0 bridgehead atoms. The number of nitro groups is 1. The molecule has 0 saturated heterocycles. The maximum atomic E-state index is 11.3. The summed E-state index contributed by atoms with van der Waals surface area (Å²) in [6.45, 7) is 0. The summed E-state index contributed by atoms with van der Waals surface area (Å²) in [5.74, 6) is 0. The highest BCUT2D eigenvalue weighted by Gasteiger charge is 2.12. The van der Waals surface area contributed by atoms with Crippen LogP contribution in [0.5, 0.6) is 0 Å². The zero-order valence-electron chi connectivity index (χ0n) is 7.56. The second-order valence-corrected chi connectivity index (χ2v) is 2.94. The number of H-pyrrole nitrogens is 2. The van der Waals surface area contributed by atoms with E-state index in [1.165, 1.54) is 12.1 Å². The van der Waals surface area contributed by atoms with Gasteiger partial charge in [-0.25, -0.2) is 0 Å². The fraction of sp³-hybridized carbons (Fsp3) is 0. The van der Waals surface area contributed by atoms with Crippen LogP contribution in [-0.2, 0) is 0 Å². The van der Waals surface area contributed by atoms with Crippen LogP contribution < -0.4 is 5.56 Å². The molecule has 6 nitrogen and oxygen atoms in total. The number of hydrogen-bond donors (Lipinski definition) is 2. The van der Waals surface area contributed by atoms with E-state index in [4.69, 9.17) is 0 Å². The third kappa shape index (κ3) is 1.64. The van der Waals surface area contributed by atoms with Crippen molar-refractivity contribution in [3.05, 3.63) is 51.1 Å². The highest BCUT2D eigenvalue weighted by Crippen LogP contribution is 2.15. The normalized spacial score (nSPS) is 10.1. The number of pyridine rings is 1. The fourth-order valence-electron chi connectivity index (χ4n) is 1.27. The second kappa shape index (κ2) is 3.41. The Hall–Kier alpha value is -2.37. The molecule has 2 aromatic rings. The Morgan fingerprint density at radius 2 is 2.07 bits per heavy atom. The molecule has 0 amide bonds. The summed E-state index contributed by atoms with van der Waals surface area (Å²) in [5.41, 5.74) is 0.182. The van der Waals surface area contributed by atoms with Crippen LogP contribution >= 0.6 is 0 Å². The monoisotopic (exact) mass is 205 g/mol. The predicted octanol–water partition coefficient (Wildman–Crippen LogP) is 1.28. The van der Waals surface area contributed by atoms with Crippen LogP contribution in [0.1, 0.15) is 0 Å². The van der Waals surface area contributed by atoms with Gasteiger partial charge in [0, 0.05) is 24.0 Å². The molecule has 0 unspecified atom stereocenters. The molecule has 76 valence electrons. The molecule has 2 rings (SSSR count). The quantitative estimate of drug-likeness (QED) is 0.571. The highest BCUT2D eigenvalue weighted by molar-refractivity contribution is 5.58. The van der Waals surface area contributed by atoms with Crippen LogP contribution in [-0.4, -0.2) is 14.9 Å². The Kier molecular flexibility index (Phi) is 2.09. The highest BCUT2D eigenvalue weighted by atomic mass is 16.6. The van der Waals surface area contributed by atoms with Crippen molar-refractivity contribution in [2.75, 3.05) is 0 Å². The molecular weight excluding hydrogens is 198 g/mol. The summed E-state index contributed by atoms with van der Waals surface area (Å²) in [6, 6.07) is 4.46. The van der Waals surface area contributed by atoms with Gasteiger partial charge in [-0.05, 0) is 12.1 Å². The standard InChI is InChI=1S/C9H7N3O3/c13-9-8(12(14)15)2-1-7(11-9)6-3-4-10-5-6/h1-5,10H,(H,11,13). The smallest absolute Gasteiger partial charge is 0.333 e. The van der Waals surface area contributed by atoms with E-state index >= 15 is 0 Å². The first-order chi connectivity index (χ1) is 7.18. The molecule has 2 N–H and O–H groups in total. The molecule has 2 aromatic heterocycles. The minimum absolute atomic E-state index is 0.450. The van der Waals surface area contributed by atoms with Crippen molar-refractivity contribution in [3.63, 3.8) is 0 Å². The summed E-state index contributed by atoms with van der Waals surface area (Å²) < 4.78 is 0. The Balaban J connectivity index is 2.52. The SMILES string of the molecule is O=c1[nH]c(-c2cc[nH]c2)ccc1[N+](=O)[O-]. The Morgan fingerprint density at radius 3 is 2.60 bits per heavy atom. The lowest BCUT2D eigenvalue weighted by Gasteiger charge is -1.96. The van der Waals surface area contributed by atoms with Crippen molar-refractivity contribution in [1.82, 2.24) is 9.97 Å². The van der Waals surface area contributed by atoms with Crippen LogP contribution in [0.3, 0.4) is 0 Å². The van der Waals surface area contributed by atoms with E-state index in [1.807, 2.05) is 0 Å². The van der Waals surface area contributed by atoms with Crippen molar-refractivity contribution in [2.24, 2.45) is 0 Å². The van der Waals surface area contributed by atoms with Gasteiger partial charge in [-0.15, -0.1) is 0 Å². The number of aromatic nitrogens is 2. The Bertz CT molecular complexity index is 542. The van der Waals surface area contributed by atoms with Gasteiger partial charge in [0.05, 0.1) is 10.6 Å². The first kappa shape index (κ1) is 9.20. The van der Waals surface area contributed by atoms with Gasteiger partial charge in [0.15, 0.2) is 0 Å². The van der Waals surface area contributed by atoms with Crippen molar-refractivity contribution in [1.29, 1.82) is 0 Å². The average molecular weight is 205 g/mol. The van der Waals surface area contributed by atoms with Crippen LogP contribution in [0.15, 0.2) is 35.4 Å². The summed E-state index contributed by atoms with van der Waals surface area (Å²) in [6.07, 6.45) is 3.40. The predicted molar refractivity (Wildman–Crippen MR) is 53.5 cm³/mol. The lowest BCUT2D eigenvalue weighted by atomic mass is 10.2. The maximum Gasteiger partial charge on any atom is 0.333 e. The maximum absolute atomic E-state index is 11.3. The summed E-state index contributed by atoms with van der Waals surface area (Å²) in [5, 5.41) is 10.4. The number of aromatic amines is 2. The van der Waals surface area contributed by atoms with E-state index < -0.39 is 16.2 Å². The van der Waals surface area contributed by atoms with Gasteiger partial charge in [-0.2, -0.15) is 0 Å². The van der Waals surface area contributed by atoms with Gasteiger partial charge in [0.1, 0.15) is 0 Å². The van der Waals surface area contributed by atoms with Crippen molar-refractivity contribution in [2.45, 2.75) is 0 Å². The number of hydrogen-bond acceptors (Lipinski definition) is 3. The van der Waals surface area contributed by atoms with Gasteiger partial charge in [0.25, 0.3) is 0 Å². The zero-order chi connectivity index (χ0) is 10.8. The molecule has 2 heterocycles. The van der Waals surface area contributed by atoms with E-state index in [0.29, 0.717) is 5.69 Å². The first-order valence-corrected chi connectivity index (χ1v) is 4.19. The van der Waals surface area contributed by atoms with E-state index in [1.54, 1.807) is 18.5 Å². The molecule has 0 aromatic carbocycles. The molecule has 0 spiro atoms. The largest absolute Gasteiger partial charge is 0.367 e. The molecular formula is C9H7N3O3. The summed E-state index contributed by atoms with van der Waals surface area (Å²) >= 11 is 0. The summed E-state index contributed by atoms with van der Waals surface area (Å²) in [4.78, 5) is 26.2. The third-order valence-corrected chi connectivity index (χ3v) is 1.99. The van der Waals surface area contributed by atoms with Gasteiger partial charge < -0.3 is 9.97 Å². The number of nitrogens with one attached hydrogen (secondary N) is 2. The second-order valence-electron chi connectivity index (χ2n) is 2.94. The fourth-order valence-corrected chi connectivity index (χ4v) is 1.27. The lowest BCUT2D eigenvalue weighted by Crippen LogP contribution is -2.11. The molecule has 0 atom stereocenters. The van der Waals surface area contributed by atoms with Crippen LogP contribution in [0.2, 0.25) is 0 Å². The van der Waals surface area contributed by atoms with E-state index in [9.17, 15) is 14.9 Å². The van der Waals surface area contributed by atoms with Crippen LogP contribution in [0, 0.1) is 10.1 Å². The van der Waals surface area contributed by atoms with Gasteiger partial charge >= 0.3 is 11.2 Å². The topological polar surface area (TPSA) is 91.8 Å². The van der Waals surface area contributed by atoms with Crippen LogP contribution in [0.4, 0.5) is 5.69 Å². The molecule has 0 radical (unpaired) electrons. The molecule has 6 heteroatoms. The van der Waals surface area contributed by atoms with Gasteiger partial charge in [0.2, 0.25) is 0 Å². The number of nitrogens with zero attached hydrogens (tertiary/aromatic N) is 1. The molecule has 15 heavy (non-hydrogen) atoms. The molecule has 0 fully saturated rings. The molecule has 0 aliphatic rings.